The van der Waals surface area contributed by atoms with E-state index >= 15 is 0 Å². The van der Waals surface area contributed by atoms with E-state index in [1.165, 1.54) is 25.7 Å². The highest BCUT2D eigenvalue weighted by Gasteiger charge is 2.28. The van der Waals surface area contributed by atoms with Crippen molar-refractivity contribution in [2.45, 2.75) is 39.0 Å². The largest absolute Gasteiger partial charge is 0.313 e. The smallest absolute Gasteiger partial charge is 0.149 e. The number of hydrogen-bond acceptors (Lipinski definition) is 2. The number of likely N-dealkylation sites (N-methyl/N-ethyl adjacent to an activating group) is 1. The molecule has 0 radical (unpaired) electrons. The summed E-state index contributed by atoms with van der Waals surface area (Å²) >= 11 is 0. The Labute approximate surface area is 81.1 Å². The molecule has 2 atom stereocenters. The predicted octanol–water partition coefficient (Wildman–Crippen LogP) is 1.99. The van der Waals surface area contributed by atoms with Gasteiger partial charge in [-0.25, -0.2) is 0 Å². The van der Waals surface area contributed by atoms with Crippen molar-refractivity contribution < 1.29 is 4.79 Å². The number of Topliss-reactive ketones (excluding diaryl/α,β-unsaturated/α-hetero) is 1. The topological polar surface area (TPSA) is 29.1 Å². The van der Waals surface area contributed by atoms with Crippen LogP contribution in [0.25, 0.3) is 0 Å². The van der Waals surface area contributed by atoms with E-state index in [-0.39, 0.29) is 0 Å². The van der Waals surface area contributed by atoms with Crippen molar-refractivity contribution in [1.29, 1.82) is 0 Å². The molecule has 0 saturated heterocycles. The number of nitrogens with one attached hydrogen (secondary N) is 1. The first-order chi connectivity index (χ1) is 6.29. The van der Waals surface area contributed by atoms with Crippen LogP contribution in [0.15, 0.2) is 0 Å². The Kier molecular flexibility index (Phi) is 4.43. The number of ketones is 1. The summed E-state index contributed by atoms with van der Waals surface area (Å²) in [5.41, 5.74) is 0. The Hall–Kier alpha value is -0.370. The molecule has 0 spiro atoms. The monoisotopic (exact) mass is 183 g/mol. The van der Waals surface area contributed by atoms with E-state index in [1.807, 2.05) is 7.05 Å². The van der Waals surface area contributed by atoms with Crippen LogP contribution in [0.3, 0.4) is 0 Å². The summed E-state index contributed by atoms with van der Waals surface area (Å²) in [6.45, 7) is 2.76. The summed E-state index contributed by atoms with van der Waals surface area (Å²) < 4.78 is 0. The maximum Gasteiger partial charge on any atom is 0.149 e. The Balaban J connectivity index is 2.48. The van der Waals surface area contributed by atoms with Crippen molar-refractivity contribution in [3.8, 4) is 0 Å². The minimum atomic E-state index is 0.353. The maximum atomic E-state index is 11.7. The van der Waals surface area contributed by atoms with Crippen LogP contribution in [-0.4, -0.2) is 19.4 Å². The van der Waals surface area contributed by atoms with E-state index in [1.54, 1.807) is 0 Å². The van der Waals surface area contributed by atoms with E-state index in [0.717, 1.165) is 6.42 Å². The third kappa shape index (κ3) is 2.80. The second-order valence-corrected chi connectivity index (χ2v) is 4.06. The van der Waals surface area contributed by atoms with Crippen LogP contribution < -0.4 is 5.32 Å². The van der Waals surface area contributed by atoms with Crippen molar-refractivity contribution >= 4 is 5.78 Å². The fraction of sp³-hybridized carbons (Fsp3) is 0.909. The lowest BCUT2D eigenvalue weighted by molar-refractivity contribution is -0.124. The molecule has 1 aliphatic rings. The van der Waals surface area contributed by atoms with Crippen molar-refractivity contribution in [2.24, 2.45) is 11.8 Å². The van der Waals surface area contributed by atoms with Crippen molar-refractivity contribution in [2.75, 3.05) is 13.6 Å². The standard InChI is InChI=1S/C11H21NO/c1-3-9-6-4-5-7-10(9)11(13)8-12-2/h9-10,12H,3-8H2,1-2H3. The minimum absolute atomic E-state index is 0.353. The van der Waals surface area contributed by atoms with Crippen molar-refractivity contribution in [3.05, 3.63) is 0 Å². The third-order valence-electron chi connectivity index (χ3n) is 3.20. The van der Waals surface area contributed by atoms with E-state index in [9.17, 15) is 4.79 Å². The van der Waals surface area contributed by atoms with Gasteiger partial charge in [-0.15, -0.1) is 0 Å². The van der Waals surface area contributed by atoms with Gasteiger partial charge in [-0.3, -0.25) is 4.79 Å². The summed E-state index contributed by atoms with van der Waals surface area (Å²) in [6, 6.07) is 0. The van der Waals surface area contributed by atoms with Gasteiger partial charge in [0.05, 0.1) is 6.54 Å². The molecule has 0 bridgehead atoms. The maximum absolute atomic E-state index is 11.7. The summed E-state index contributed by atoms with van der Waals surface area (Å²) in [4.78, 5) is 11.7. The Morgan fingerprint density at radius 3 is 2.69 bits per heavy atom. The van der Waals surface area contributed by atoms with Crippen LogP contribution >= 0.6 is 0 Å². The average molecular weight is 183 g/mol. The molecular weight excluding hydrogens is 162 g/mol. The second-order valence-electron chi connectivity index (χ2n) is 4.06. The SMILES string of the molecule is CCC1CCCCC1C(=O)CNC. The molecule has 0 aromatic carbocycles. The molecule has 1 aliphatic carbocycles. The Bertz CT molecular complexity index is 167. The molecule has 13 heavy (non-hydrogen) atoms. The fourth-order valence-corrected chi connectivity index (χ4v) is 2.43. The summed E-state index contributed by atoms with van der Waals surface area (Å²) in [5, 5.41) is 2.96. The third-order valence-corrected chi connectivity index (χ3v) is 3.20. The summed E-state index contributed by atoms with van der Waals surface area (Å²) in [5.74, 6) is 1.44. The first-order valence-electron chi connectivity index (χ1n) is 5.47. The fourth-order valence-electron chi connectivity index (χ4n) is 2.43. The average Bonchev–Trinajstić information content (AvgIpc) is 2.18. The van der Waals surface area contributed by atoms with Gasteiger partial charge in [-0.05, 0) is 25.8 Å². The zero-order chi connectivity index (χ0) is 9.68. The van der Waals surface area contributed by atoms with Gasteiger partial charge in [-0.1, -0.05) is 26.2 Å². The van der Waals surface area contributed by atoms with Gasteiger partial charge in [0.25, 0.3) is 0 Å². The van der Waals surface area contributed by atoms with Crippen LogP contribution in [0.2, 0.25) is 0 Å². The van der Waals surface area contributed by atoms with Crippen LogP contribution in [0.5, 0.6) is 0 Å². The highest BCUT2D eigenvalue weighted by atomic mass is 16.1. The molecule has 2 unspecified atom stereocenters. The lowest BCUT2D eigenvalue weighted by Gasteiger charge is -2.29. The molecule has 2 nitrogen and oxygen atoms in total. The van der Waals surface area contributed by atoms with E-state index in [2.05, 4.69) is 12.2 Å². The molecule has 1 rings (SSSR count). The van der Waals surface area contributed by atoms with E-state index in [0.29, 0.717) is 24.2 Å². The molecule has 0 heterocycles. The molecule has 0 aliphatic heterocycles. The molecular formula is C11H21NO. The zero-order valence-corrected chi connectivity index (χ0v) is 8.81. The van der Waals surface area contributed by atoms with Crippen molar-refractivity contribution in [3.63, 3.8) is 0 Å². The highest BCUT2D eigenvalue weighted by Crippen LogP contribution is 2.32. The lowest BCUT2D eigenvalue weighted by Crippen LogP contribution is -2.32. The summed E-state index contributed by atoms with van der Waals surface area (Å²) in [6.07, 6.45) is 6.12. The number of rotatable bonds is 4. The van der Waals surface area contributed by atoms with Gasteiger partial charge in [0.15, 0.2) is 0 Å². The van der Waals surface area contributed by atoms with E-state index < -0.39 is 0 Å². The lowest BCUT2D eigenvalue weighted by atomic mass is 9.75. The number of carbonyl (C=O) groups excluding carboxylic acids is 1. The van der Waals surface area contributed by atoms with Gasteiger partial charge in [-0.2, -0.15) is 0 Å². The molecule has 1 fully saturated rings. The van der Waals surface area contributed by atoms with Gasteiger partial charge in [0.2, 0.25) is 0 Å². The van der Waals surface area contributed by atoms with Crippen LogP contribution in [0.1, 0.15) is 39.0 Å². The molecule has 1 N–H and O–H groups in total. The first kappa shape index (κ1) is 10.7. The second kappa shape index (κ2) is 5.38. The Morgan fingerprint density at radius 1 is 1.38 bits per heavy atom. The van der Waals surface area contributed by atoms with Crippen molar-refractivity contribution in [1.82, 2.24) is 5.32 Å². The predicted molar refractivity (Wildman–Crippen MR) is 54.7 cm³/mol. The molecule has 2 heteroatoms. The van der Waals surface area contributed by atoms with Crippen LogP contribution in [-0.2, 0) is 4.79 Å². The first-order valence-corrected chi connectivity index (χ1v) is 5.47. The number of carbonyl (C=O) groups is 1. The Morgan fingerprint density at radius 2 is 2.08 bits per heavy atom. The molecule has 0 amide bonds. The van der Waals surface area contributed by atoms with Gasteiger partial charge >= 0.3 is 0 Å². The molecule has 0 aromatic heterocycles. The zero-order valence-electron chi connectivity index (χ0n) is 8.81. The quantitative estimate of drug-likeness (QED) is 0.722. The van der Waals surface area contributed by atoms with Gasteiger partial charge in [0, 0.05) is 5.92 Å². The van der Waals surface area contributed by atoms with Gasteiger partial charge < -0.3 is 5.32 Å². The summed E-state index contributed by atoms with van der Waals surface area (Å²) in [7, 11) is 1.85. The number of hydrogen-bond donors (Lipinski definition) is 1. The van der Waals surface area contributed by atoms with Crippen LogP contribution in [0.4, 0.5) is 0 Å². The highest BCUT2D eigenvalue weighted by molar-refractivity contribution is 5.83. The minimum Gasteiger partial charge on any atom is -0.313 e. The van der Waals surface area contributed by atoms with E-state index in [4.69, 9.17) is 0 Å². The molecule has 76 valence electrons. The van der Waals surface area contributed by atoms with Crippen LogP contribution in [0, 0.1) is 11.8 Å². The molecule has 0 aromatic rings. The molecule has 1 saturated carbocycles. The normalized spacial score (nSPS) is 28.8. The van der Waals surface area contributed by atoms with Gasteiger partial charge in [0.1, 0.15) is 5.78 Å².